The molecular weight excluding hydrogens is 416 g/mol. The number of thiocarbonyl (C=S) groups is 1. The Morgan fingerprint density at radius 2 is 1.91 bits per heavy atom. The van der Waals surface area contributed by atoms with E-state index in [9.17, 15) is 4.79 Å². The number of fused-ring (bicyclic) bond motifs is 1. The predicted molar refractivity (Wildman–Crippen MR) is 133 cm³/mol. The molecule has 2 aromatic heterocycles. The van der Waals surface area contributed by atoms with Crippen LogP contribution in [-0.2, 0) is 13.1 Å². The highest BCUT2D eigenvalue weighted by molar-refractivity contribution is 7.80. The number of aromatic nitrogens is 2. The lowest BCUT2D eigenvalue weighted by molar-refractivity contribution is 0.391. The Hall–Kier alpha value is -3.51. The molecule has 0 bridgehead atoms. The highest BCUT2D eigenvalue weighted by Gasteiger charge is 2.16. The smallest absolute Gasteiger partial charge is 0.253 e. The quantitative estimate of drug-likeness (QED) is 0.417. The summed E-state index contributed by atoms with van der Waals surface area (Å²) < 4.78 is 0. The fraction of sp³-hybridized carbons (Fsp3) is 0.192. The van der Waals surface area contributed by atoms with Gasteiger partial charge in [-0.05, 0) is 66.8 Å². The van der Waals surface area contributed by atoms with Gasteiger partial charge in [0.05, 0.1) is 12.6 Å². The summed E-state index contributed by atoms with van der Waals surface area (Å²) in [4.78, 5) is 22.1. The summed E-state index contributed by atoms with van der Waals surface area (Å²) in [7, 11) is 0. The Morgan fingerprint density at radius 1 is 1.09 bits per heavy atom. The van der Waals surface area contributed by atoms with Crippen molar-refractivity contribution in [2.45, 2.75) is 33.0 Å². The second kappa shape index (κ2) is 9.75. The van der Waals surface area contributed by atoms with Crippen molar-refractivity contribution < 1.29 is 0 Å². The van der Waals surface area contributed by atoms with Crippen LogP contribution in [0.4, 0.5) is 0 Å². The van der Waals surface area contributed by atoms with Crippen molar-refractivity contribution in [1.82, 2.24) is 20.2 Å². The monoisotopic (exact) mass is 442 g/mol. The molecule has 162 valence electrons. The molecule has 0 amide bonds. The lowest BCUT2D eigenvalue weighted by Gasteiger charge is -2.28. The average molecular weight is 443 g/mol. The number of rotatable bonds is 6. The summed E-state index contributed by atoms with van der Waals surface area (Å²) in [5, 5.41) is 5.03. The van der Waals surface area contributed by atoms with E-state index >= 15 is 0 Å². The third-order valence-corrected chi connectivity index (χ3v) is 5.84. The molecule has 5 nitrogen and oxygen atoms in total. The molecule has 0 spiro atoms. The van der Waals surface area contributed by atoms with Crippen LogP contribution >= 0.6 is 12.2 Å². The topological polar surface area (TPSA) is 61.0 Å². The third kappa shape index (κ3) is 5.21. The largest absolute Gasteiger partial charge is 0.356 e. The lowest BCUT2D eigenvalue weighted by Crippen LogP contribution is -2.41. The number of hydrogen-bond donors (Lipinski definition) is 2. The van der Waals surface area contributed by atoms with Gasteiger partial charge >= 0.3 is 0 Å². The van der Waals surface area contributed by atoms with Crippen molar-refractivity contribution >= 4 is 28.2 Å². The van der Waals surface area contributed by atoms with Crippen molar-refractivity contribution in [3.63, 3.8) is 0 Å². The molecule has 0 radical (unpaired) electrons. The first-order valence-electron chi connectivity index (χ1n) is 10.6. The molecule has 32 heavy (non-hydrogen) atoms. The highest BCUT2D eigenvalue weighted by atomic mass is 32.1. The van der Waals surface area contributed by atoms with Crippen LogP contribution in [-0.4, -0.2) is 20.0 Å². The lowest BCUT2D eigenvalue weighted by atomic mass is 10.1. The van der Waals surface area contributed by atoms with E-state index < -0.39 is 0 Å². The molecule has 4 aromatic rings. The van der Waals surface area contributed by atoms with Gasteiger partial charge in [0, 0.05) is 30.0 Å². The second-order valence-corrected chi connectivity index (χ2v) is 8.40. The maximum atomic E-state index is 12.8. The van der Waals surface area contributed by atoms with Crippen LogP contribution in [0.3, 0.4) is 0 Å². The summed E-state index contributed by atoms with van der Waals surface area (Å²) in [6.45, 7) is 5.06. The van der Waals surface area contributed by atoms with Crippen molar-refractivity contribution in [1.29, 1.82) is 0 Å². The minimum Gasteiger partial charge on any atom is -0.356 e. The molecule has 2 aromatic carbocycles. The van der Waals surface area contributed by atoms with Crippen LogP contribution in [0.2, 0.25) is 0 Å². The van der Waals surface area contributed by atoms with Crippen molar-refractivity contribution in [2.75, 3.05) is 0 Å². The van der Waals surface area contributed by atoms with Crippen LogP contribution in [0.15, 0.2) is 83.9 Å². The Labute approximate surface area is 193 Å². The molecule has 4 rings (SSSR count). The summed E-state index contributed by atoms with van der Waals surface area (Å²) in [6.07, 6.45) is 3.57. The van der Waals surface area contributed by atoms with Gasteiger partial charge < -0.3 is 15.2 Å². The van der Waals surface area contributed by atoms with Crippen LogP contribution < -0.4 is 10.9 Å². The first-order chi connectivity index (χ1) is 15.5. The van der Waals surface area contributed by atoms with E-state index in [-0.39, 0.29) is 11.6 Å². The summed E-state index contributed by atoms with van der Waals surface area (Å²) in [5.41, 5.74) is 4.73. The second-order valence-electron chi connectivity index (χ2n) is 8.01. The fourth-order valence-corrected chi connectivity index (χ4v) is 4.01. The number of H-pyrrole nitrogens is 1. The predicted octanol–water partition coefficient (Wildman–Crippen LogP) is 4.87. The summed E-state index contributed by atoms with van der Waals surface area (Å²) in [6, 6.07) is 22.1. The number of pyridine rings is 2. The molecule has 2 N–H and O–H groups in total. The number of benzene rings is 2. The first-order valence-corrected chi connectivity index (χ1v) is 11.0. The van der Waals surface area contributed by atoms with Crippen LogP contribution in [0.25, 0.3) is 10.9 Å². The zero-order chi connectivity index (χ0) is 22.5. The molecule has 6 heteroatoms. The van der Waals surface area contributed by atoms with Gasteiger partial charge in [-0.2, -0.15) is 0 Å². The Balaban J connectivity index is 1.62. The maximum Gasteiger partial charge on any atom is 0.253 e. The maximum absolute atomic E-state index is 12.8. The van der Waals surface area contributed by atoms with Gasteiger partial charge in [-0.25, -0.2) is 0 Å². The van der Waals surface area contributed by atoms with Crippen molar-refractivity contribution in [3.05, 3.63) is 112 Å². The minimum atomic E-state index is -0.101. The van der Waals surface area contributed by atoms with Gasteiger partial charge in [0.25, 0.3) is 5.56 Å². The molecular formula is C26H26N4OS. The molecule has 0 aliphatic rings. The van der Waals surface area contributed by atoms with Gasteiger partial charge in [0.1, 0.15) is 0 Å². The van der Waals surface area contributed by atoms with Gasteiger partial charge in [0.2, 0.25) is 0 Å². The zero-order valence-electron chi connectivity index (χ0n) is 18.2. The van der Waals surface area contributed by atoms with E-state index in [2.05, 4.69) is 40.4 Å². The number of aromatic amines is 1. The SMILES string of the molecule is Cc1ccc2[nH]c(=O)c(CN(Cc3cccnc3)C(=S)N[C@@H](C)c3ccccc3)cc2c1. The first kappa shape index (κ1) is 21.7. The van der Waals surface area contributed by atoms with Gasteiger partial charge in [-0.15, -0.1) is 0 Å². The van der Waals surface area contributed by atoms with Gasteiger partial charge in [-0.3, -0.25) is 9.78 Å². The fourth-order valence-electron chi connectivity index (χ4n) is 3.71. The number of aryl methyl sites for hydroxylation is 1. The highest BCUT2D eigenvalue weighted by Crippen LogP contribution is 2.17. The standard InChI is InChI=1S/C26H26N4OS/c1-18-10-11-24-22(13-18)14-23(25(31)29-24)17-30(16-20-7-6-12-27-15-20)26(32)28-19(2)21-8-4-3-5-9-21/h3-15,19H,16-17H2,1-2H3,(H,28,32)(H,29,31)/t19-/m0/s1. The Morgan fingerprint density at radius 3 is 2.66 bits per heavy atom. The summed E-state index contributed by atoms with van der Waals surface area (Å²) in [5.74, 6) is 0. The van der Waals surface area contributed by atoms with Gasteiger partial charge in [-0.1, -0.05) is 48.0 Å². The molecule has 0 fully saturated rings. The Kier molecular flexibility index (Phi) is 6.61. The molecule has 0 unspecified atom stereocenters. The molecule has 0 aliphatic carbocycles. The van der Waals surface area contributed by atoms with Crippen LogP contribution in [0.5, 0.6) is 0 Å². The number of hydrogen-bond acceptors (Lipinski definition) is 3. The molecule has 0 saturated heterocycles. The van der Waals surface area contributed by atoms with E-state index in [1.807, 2.05) is 66.6 Å². The number of nitrogens with zero attached hydrogens (tertiary/aromatic N) is 2. The van der Waals surface area contributed by atoms with E-state index in [4.69, 9.17) is 12.2 Å². The van der Waals surface area contributed by atoms with Crippen LogP contribution in [0.1, 0.15) is 35.2 Å². The number of nitrogens with one attached hydrogen (secondary N) is 2. The van der Waals surface area contributed by atoms with Crippen molar-refractivity contribution in [3.8, 4) is 0 Å². The third-order valence-electron chi connectivity index (χ3n) is 5.46. The van der Waals surface area contributed by atoms with E-state index in [0.29, 0.717) is 23.8 Å². The average Bonchev–Trinajstić information content (AvgIpc) is 2.80. The van der Waals surface area contributed by atoms with E-state index in [1.165, 1.54) is 0 Å². The van der Waals surface area contributed by atoms with E-state index in [0.717, 1.165) is 27.6 Å². The summed E-state index contributed by atoms with van der Waals surface area (Å²) >= 11 is 5.79. The van der Waals surface area contributed by atoms with E-state index in [1.54, 1.807) is 6.20 Å². The van der Waals surface area contributed by atoms with Crippen LogP contribution in [0, 0.1) is 6.92 Å². The molecule has 0 aliphatic heterocycles. The normalized spacial score (nSPS) is 11.8. The molecule has 1 atom stereocenters. The minimum absolute atomic E-state index is 0.0395. The van der Waals surface area contributed by atoms with Crippen molar-refractivity contribution in [2.24, 2.45) is 0 Å². The Bertz CT molecular complexity index is 1270. The van der Waals surface area contributed by atoms with Gasteiger partial charge in [0.15, 0.2) is 5.11 Å². The molecule has 2 heterocycles. The zero-order valence-corrected chi connectivity index (χ0v) is 19.0. The molecule has 0 saturated carbocycles.